The highest BCUT2D eigenvalue weighted by molar-refractivity contribution is 6.51. The van der Waals surface area contributed by atoms with E-state index in [1.54, 1.807) is 0 Å². The van der Waals surface area contributed by atoms with E-state index in [0.717, 1.165) is 0 Å². The van der Waals surface area contributed by atoms with Crippen LogP contribution in [0.2, 0.25) is 0 Å². The van der Waals surface area contributed by atoms with Crippen molar-refractivity contribution in [1.82, 2.24) is 0 Å². The number of hydrogen-bond donors (Lipinski definition) is 2. The molecule has 1 aliphatic rings. The zero-order chi connectivity index (χ0) is 7.07. The number of aliphatic hydroxyl groups excluding tert-OH is 2. The first kappa shape index (κ1) is 7.61. The second kappa shape index (κ2) is 2.27. The van der Waals surface area contributed by atoms with Gasteiger partial charge in [-0.2, -0.15) is 0 Å². The minimum Gasteiger partial charge on any atom is -0.396 e. The lowest BCUT2D eigenvalue weighted by Crippen LogP contribution is -1.94. The van der Waals surface area contributed by atoms with Crippen LogP contribution in [0, 0.1) is 11.8 Å². The van der Waals surface area contributed by atoms with E-state index >= 15 is 0 Å². The van der Waals surface area contributed by atoms with Gasteiger partial charge >= 0.3 is 0 Å². The molecule has 1 saturated carbocycles. The predicted molar refractivity (Wildman–Crippen MR) is 35.6 cm³/mol. The first-order valence-electron chi connectivity index (χ1n) is 2.74. The molecule has 0 spiro atoms. The maximum absolute atomic E-state index is 8.56. The fraction of sp³-hybridized carbons (Fsp3) is 1.00. The van der Waals surface area contributed by atoms with Gasteiger partial charge in [-0.05, 0) is 0 Å². The molecule has 4 heteroatoms. The molecule has 0 unspecified atom stereocenters. The van der Waals surface area contributed by atoms with Gasteiger partial charge < -0.3 is 10.2 Å². The largest absolute Gasteiger partial charge is 0.396 e. The lowest BCUT2D eigenvalue weighted by atomic mass is 10.3. The van der Waals surface area contributed by atoms with Gasteiger partial charge in [0, 0.05) is 25.0 Å². The monoisotopic (exact) mass is 170 g/mol. The molecule has 9 heavy (non-hydrogen) atoms. The Bertz CT molecular complexity index is 104. The van der Waals surface area contributed by atoms with E-state index in [1.165, 1.54) is 0 Å². The molecular weight excluding hydrogens is 163 g/mol. The number of halogens is 2. The smallest absolute Gasteiger partial charge is 0.129 e. The molecule has 0 radical (unpaired) electrons. The molecule has 0 heterocycles. The zero-order valence-corrected chi connectivity index (χ0v) is 6.23. The average molecular weight is 171 g/mol. The average Bonchev–Trinajstić information content (AvgIpc) is 2.32. The molecule has 2 N–H and O–H groups in total. The molecule has 54 valence electrons. The summed E-state index contributed by atoms with van der Waals surface area (Å²) >= 11 is 11.2. The Labute approximate surface area is 63.4 Å². The van der Waals surface area contributed by atoms with Crippen molar-refractivity contribution in [2.24, 2.45) is 11.8 Å². The molecule has 2 atom stereocenters. The highest BCUT2D eigenvalue weighted by atomic mass is 35.5. The third-order valence-corrected chi connectivity index (χ3v) is 2.88. The van der Waals surface area contributed by atoms with Crippen molar-refractivity contribution in [2.75, 3.05) is 13.2 Å². The molecule has 1 rings (SSSR count). The Morgan fingerprint density at radius 3 is 1.56 bits per heavy atom. The van der Waals surface area contributed by atoms with E-state index in [-0.39, 0.29) is 25.0 Å². The van der Waals surface area contributed by atoms with Crippen molar-refractivity contribution in [3.63, 3.8) is 0 Å². The van der Waals surface area contributed by atoms with Crippen LogP contribution >= 0.6 is 23.2 Å². The molecule has 2 nitrogen and oxygen atoms in total. The van der Waals surface area contributed by atoms with Crippen molar-refractivity contribution in [3.05, 3.63) is 0 Å². The van der Waals surface area contributed by atoms with Crippen LogP contribution in [0.15, 0.2) is 0 Å². The van der Waals surface area contributed by atoms with Gasteiger partial charge in [-0.15, -0.1) is 23.2 Å². The Hall–Kier alpha value is 0.500. The van der Waals surface area contributed by atoms with Gasteiger partial charge in [-0.25, -0.2) is 0 Å². The van der Waals surface area contributed by atoms with Gasteiger partial charge in [0.25, 0.3) is 0 Å². The second-order valence-corrected chi connectivity index (χ2v) is 3.70. The van der Waals surface area contributed by atoms with Gasteiger partial charge in [0.05, 0.1) is 0 Å². The van der Waals surface area contributed by atoms with Crippen LogP contribution in [0.5, 0.6) is 0 Å². The molecule has 0 aromatic heterocycles. The van der Waals surface area contributed by atoms with Crippen LogP contribution in [0.3, 0.4) is 0 Å². The van der Waals surface area contributed by atoms with Crippen LogP contribution in [0.4, 0.5) is 0 Å². The third kappa shape index (κ3) is 1.05. The van der Waals surface area contributed by atoms with Gasteiger partial charge in [-0.1, -0.05) is 0 Å². The summed E-state index contributed by atoms with van der Waals surface area (Å²) in [7, 11) is 0. The lowest BCUT2D eigenvalue weighted by Gasteiger charge is -1.91. The van der Waals surface area contributed by atoms with E-state index in [1.807, 2.05) is 0 Å². The lowest BCUT2D eigenvalue weighted by molar-refractivity contribution is 0.232. The van der Waals surface area contributed by atoms with Crippen LogP contribution < -0.4 is 0 Å². The first-order chi connectivity index (χ1) is 4.14. The quantitative estimate of drug-likeness (QED) is 0.590. The molecule has 1 fully saturated rings. The summed E-state index contributed by atoms with van der Waals surface area (Å²) in [5, 5.41) is 17.1. The molecule has 1 aliphatic carbocycles. The summed E-state index contributed by atoms with van der Waals surface area (Å²) in [4.78, 5) is 0. The number of rotatable bonds is 2. The SMILES string of the molecule is OC[C@H]1[C@H](CO)C1(Cl)Cl. The highest BCUT2D eigenvalue weighted by Crippen LogP contribution is 2.58. The molecule has 0 amide bonds. The van der Waals surface area contributed by atoms with Crippen molar-refractivity contribution in [2.45, 2.75) is 4.33 Å². The standard InChI is InChI=1S/C5H8Cl2O2/c6-5(7)3(1-8)4(5)2-9/h3-4,8-9H,1-2H2/t3-,4-/m0/s1. The van der Waals surface area contributed by atoms with Gasteiger partial charge in [0.1, 0.15) is 4.33 Å². The van der Waals surface area contributed by atoms with Crippen molar-refractivity contribution >= 4 is 23.2 Å². The predicted octanol–water partition coefficient (Wildman–Crippen LogP) is 0.391. The Morgan fingerprint density at radius 2 is 1.44 bits per heavy atom. The summed E-state index contributed by atoms with van der Waals surface area (Å²) in [6.45, 7) is -0.0869. The minimum atomic E-state index is -0.872. The number of hydrogen-bond acceptors (Lipinski definition) is 2. The van der Waals surface area contributed by atoms with E-state index < -0.39 is 4.33 Å². The molecule has 0 saturated heterocycles. The van der Waals surface area contributed by atoms with Gasteiger partial charge in [-0.3, -0.25) is 0 Å². The van der Waals surface area contributed by atoms with Crippen molar-refractivity contribution < 1.29 is 10.2 Å². The summed E-state index contributed by atoms with van der Waals surface area (Å²) in [6.07, 6.45) is 0. The molecule has 0 aromatic rings. The van der Waals surface area contributed by atoms with Crippen LogP contribution in [0.1, 0.15) is 0 Å². The van der Waals surface area contributed by atoms with Crippen molar-refractivity contribution in [3.8, 4) is 0 Å². The highest BCUT2D eigenvalue weighted by Gasteiger charge is 2.62. The second-order valence-electron chi connectivity index (χ2n) is 2.25. The topological polar surface area (TPSA) is 40.5 Å². The fourth-order valence-electron chi connectivity index (χ4n) is 0.958. The summed E-state index contributed by atoms with van der Waals surface area (Å²) in [5.41, 5.74) is 0. The molecule has 0 bridgehead atoms. The van der Waals surface area contributed by atoms with Crippen LogP contribution in [-0.4, -0.2) is 27.8 Å². The summed E-state index contributed by atoms with van der Waals surface area (Å²) in [5.74, 6) is -0.267. The fourth-order valence-corrected chi connectivity index (χ4v) is 1.72. The molecule has 0 aromatic carbocycles. The number of aliphatic hydroxyl groups is 2. The normalized spacial score (nSPS) is 38.7. The third-order valence-electron chi connectivity index (χ3n) is 1.76. The van der Waals surface area contributed by atoms with E-state index in [4.69, 9.17) is 33.4 Å². The Kier molecular flexibility index (Phi) is 1.92. The van der Waals surface area contributed by atoms with Gasteiger partial charge in [0.2, 0.25) is 0 Å². The Morgan fingerprint density at radius 1 is 1.11 bits per heavy atom. The van der Waals surface area contributed by atoms with E-state index in [2.05, 4.69) is 0 Å². The first-order valence-corrected chi connectivity index (χ1v) is 3.49. The Balaban J connectivity index is 2.45. The summed E-state index contributed by atoms with van der Waals surface area (Å²) < 4.78 is -0.872. The maximum atomic E-state index is 8.56. The number of alkyl halides is 2. The molecular formula is C5H8Cl2O2. The van der Waals surface area contributed by atoms with Crippen LogP contribution in [-0.2, 0) is 0 Å². The minimum absolute atomic E-state index is 0.0434. The van der Waals surface area contributed by atoms with E-state index in [9.17, 15) is 0 Å². The molecule has 0 aliphatic heterocycles. The van der Waals surface area contributed by atoms with Crippen molar-refractivity contribution in [1.29, 1.82) is 0 Å². The van der Waals surface area contributed by atoms with Gasteiger partial charge in [0.15, 0.2) is 0 Å². The maximum Gasteiger partial charge on any atom is 0.129 e. The van der Waals surface area contributed by atoms with Crippen LogP contribution in [0.25, 0.3) is 0 Å². The zero-order valence-electron chi connectivity index (χ0n) is 4.72. The van der Waals surface area contributed by atoms with E-state index in [0.29, 0.717) is 0 Å². The summed E-state index contributed by atoms with van der Waals surface area (Å²) in [6, 6.07) is 0.